The molecule has 1 aliphatic rings. The average molecular weight is 233 g/mol. The van der Waals surface area contributed by atoms with Crippen molar-refractivity contribution in [2.45, 2.75) is 19.4 Å². The fraction of sp³-hybridized carbons (Fsp3) is 0.385. The summed E-state index contributed by atoms with van der Waals surface area (Å²) < 4.78 is 10.2. The van der Waals surface area contributed by atoms with Crippen LogP contribution in [0.15, 0.2) is 29.3 Å². The molecule has 1 aromatic rings. The van der Waals surface area contributed by atoms with Crippen LogP contribution in [0.5, 0.6) is 0 Å². The van der Waals surface area contributed by atoms with Gasteiger partial charge in [-0.2, -0.15) is 0 Å². The molecule has 0 aliphatic carbocycles. The van der Waals surface area contributed by atoms with Crippen molar-refractivity contribution in [3.05, 3.63) is 35.4 Å². The monoisotopic (exact) mass is 233 g/mol. The fourth-order valence-corrected chi connectivity index (χ4v) is 1.67. The molecule has 2 rings (SSSR count). The molecule has 90 valence electrons. The van der Waals surface area contributed by atoms with Gasteiger partial charge in [-0.15, -0.1) is 0 Å². The van der Waals surface area contributed by atoms with Crippen molar-refractivity contribution >= 4 is 11.9 Å². The highest BCUT2D eigenvalue weighted by molar-refractivity contribution is 5.96. The van der Waals surface area contributed by atoms with Gasteiger partial charge in [-0.05, 0) is 19.1 Å². The first-order chi connectivity index (χ1) is 8.20. The molecule has 0 fully saturated rings. The summed E-state index contributed by atoms with van der Waals surface area (Å²) in [6, 6.07) is 7.41. The van der Waals surface area contributed by atoms with Crippen molar-refractivity contribution in [3.63, 3.8) is 0 Å². The van der Waals surface area contributed by atoms with E-state index in [0.29, 0.717) is 18.9 Å². The molecule has 0 bridgehead atoms. The molecule has 0 N–H and O–H groups in total. The number of nitrogens with zero attached hydrogens (tertiary/aromatic N) is 1. The number of aryl methyl sites for hydroxylation is 1. The lowest BCUT2D eigenvalue weighted by Gasteiger charge is -2.19. The van der Waals surface area contributed by atoms with E-state index >= 15 is 0 Å². The Morgan fingerprint density at radius 3 is 2.76 bits per heavy atom. The van der Waals surface area contributed by atoms with Crippen molar-refractivity contribution < 1.29 is 14.3 Å². The molecule has 0 saturated heterocycles. The quantitative estimate of drug-likeness (QED) is 0.730. The number of hydrogen-bond donors (Lipinski definition) is 0. The van der Waals surface area contributed by atoms with Gasteiger partial charge in [-0.25, -0.2) is 9.79 Å². The van der Waals surface area contributed by atoms with Crippen molar-refractivity contribution in [1.29, 1.82) is 0 Å². The number of esters is 1. The Morgan fingerprint density at radius 1 is 1.41 bits per heavy atom. The fourth-order valence-electron chi connectivity index (χ4n) is 1.67. The first-order valence-electron chi connectivity index (χ1n) is 5.56. The Morgan fingerprint density at radius 2 is 2.12 bits per heavy atom. The third-order valence-electron chi connectivity index (χ3n) is 2.67. The average Bonchev–Trinajstić information content (AvgIpc) is 2.39. The van der Waals surface area contributed by atoms with Gasteiger partial charge < -0.3 is 9.47 Å². The summed E-state index contributed by atoms with van der Waals surface area (Å²) >= 11 is 0. The van der Waals surface area contributed by atoms with Crippen LogP contribution in [-0.4, -0.2) is 31.6 Å². The summed E-state index contributed by atoms with van der Waals surface area (Å²) in [5.74, 6) is 0.213. The predicted molar refractivity (Wildman–Crippen MR) is 64.1 cm³/mol. The predicted octanol–water partition coefficient (Wildman–Crippen LogP) is 1.70. The summed E-state index contributed by atoms with van der Waals surface area (Å²) in [5, 5.41) is 0. The Bertz CT molecular complexity index is 436. The van der Waals surface area contributed by atoms with E-state index in [1.807, 2.05) is 31.2 Å². The van der Waals surface area contributed by atoms with Gasteiger partial charge in [0.1, 0.15) is 0 Å². The molecule has 0 spiro atoms. The van der Waals surface area contributed by atoms with Crippen LogP contribution in [0.4, 0.5) is 0 Å². The number of rotatable bonds is 2. The molecule has 4 nitrogen and oxygen atoms in total. The van der Waals surface area contributed by atoms with Crippen molar-refractivity contribution in [2.24, 2.45) is 4.99 Å². The maximum Gasteiger partial charge on any atom is 0.330 e. The van der Waals surface area contributed by atoms with E-state index < -0.39 is 6.04 Å². The highest BCUT2D eigenvalue weighted by atomic mass is 16.5. The van der Waals surface area contributed by atoms with Crippen molar-refractivity contribution in [3.8, 4) is 0 Å². The first-order valence-corrected chi connectivity index (χ1v) is 5.56. The van der Waals surface area contributed by atoms with Gasteiger partial charge >= 0.3 is 5.97 Å². The largest absolute Gasteiger partial charge is 0.477 e. The van der Waals surface area contributed by atoms with E-state index in [1.54, 1.807) is 0 Å². The third-order valence-corrected chi connectivity index (χ3v) is 2.67. The molecule has 1 atom stereocenters. The Balaban J connectivity index is 2.23. The molecule has 17 heavy (non-hydrogen) atoms. The molecule has 1 unspecified atom stereocenters. The van der Waals surface area contributed by atoms with Crippen LogP contribution < -0.4 is 0 Å². The highest BCUT2D eigenvalue weighted by Crippen LogP contribution is 2.14. The van der Waals surface area contributed by atoms with Crippen LogP contribution in [0.1, 0.15) is 17.5 Å². The van der Waals surface area contributed by atoms with Gasteiger partial charge in [0.25, 0.3) is 0 Å². The second kappa shape index (κ2) is 4.99. The molecular formula is C13H15NO3. The number of carbonyl (C=O) groups is 1. The van der Waals surface area contributed by atoms with Crippen LogP contribution >= 0.6 is 0 Å². The van der Waals surface area contributed by atoms with E-state index in [0.717, 1.165) is 5.56 Å². The standard InChI is InChI=1S/C13H15NO3/c1-9-3-5-10(6-4-9)12-14-11(7-8-17-12)13(15)16-2/h3-6,11H,7-8H2,1-2H3. The van der Waals surface area contributed by atoms with Gasteiger partial charge in [0, 0.05) is 12.0 Å². The van der Waals surface area contributed by atoms with Crippen LogP contribution in [0.25, 0.3) is 0 Å². The van der Waals surface area contributed by atoms with Gasteiger partial charge in [0.05, 0.1) is 13.7 Å². The van der Waals surface area contributed by atoms with Gasteiger partial charge in [-0.1, -0.05) is 17.7 Å². The minimum absolute atomic E-state index is 0.307. The van der Waals surface area contributed by atoms with Gasteiger partial charge in [-0.3, -0.25) is 0 Å². The summed E-state index contributed by atoms with van der Waals surface area (Å²) in [6.07, 6.45) is 0.571. The number of ether oxygens (including phenoxy) is 2. The van der Waals surface area contributed by atoms with Gasteiger partial charge in [0.15, 0.2) is 6.04 Å². The molecule has 1 heterocycles. The topological polar surface area (TPSA) is 47.9 Å². The number of benzene rings is 1. The van der Waals surface area contributed by atoms with Crippen LogP contribution in [0.2, 0.25) is 0 Å². The molecular weight excluding hydrogens is 218 g/mol. The number of carbonyl (C=O) groups excluding carboxylic acids is 1. The summed E-state index contributed by atoms with van der Waals surface area (Å²) in [7, 11) is 1.37. The zero-order chi connectivity index (χ0) is 12.3. The zero-order valence-corrected chi connectivity index (χ0v) is 9.97. The minimum Gasteiger partial charge on any atom is -0.477 e. The number of methoxy groups -OCH3 is 1. The molecule has 1 aromatic carbocycles. The molecule has 0 aromatic heterocycles. The zero-order valence-electron chi connectivity index (χ0n) is 9.97. The first kappa shape index (κ1) is 11.6. The van der Waals surface area contributed by atoms with Crippen molar-refractivity contribution in [1.82, 2.24) is 0 Å². The van der Waals surface area contributed by atoms with E-state index in [2.05, 4.69) is 4.99 Å². The number of aliphatic imine (C=N–C) groups is 1. The minimum atomic E-state index is -0.440. The summed E-state index contributed by atoms with van der Waals surface area (Å²) in [6.45, 7) is 2.51. The lowest BCUT2D eigenvalue weighted by atomic mass is 10.1. The number of hydrogen-bond acceptors (Lipinski definition) is 4. The normalized spacial score (nSPS) is 19.2. The molecule has 0 saturated carbocycles. The van der Waals surface area contributed by atoms with E-state index in [9.17, 15) is 4.79 Å². The van der Waals surface area contributed by atoms with Gasteiger partial charge in [0.2, 0.25) is 5.90 Å². The van der Waals surface area contributed by atoms with E-state index in [1.165, 1.54) is 12.7 Å². The Kier molecular flexibility index (Phi) is 3.42. The Labute approximate surface area is 100 Å². The molecule has 4 heteroatoms. The molecule has 0 radical (unpaired) electrons. The van der Waals surface area contributed by atoms with Crippen LogP contribution in [0.3, 0.4) is 0 Å². The van der Waals surface area contributed by atoms with Crippen molar-refractivity contribution in [2.75, 3.05) is 13.7 Å². The van der Waals surface area contributed by atoms with E-state index in [4.69, 9.17) is 9.47 Å². The maximum atomic E-state index is 11.4. The van der Waals surface area contributed by atoms with E-state index in [-0.39, 0.29) is 5.97 Å². The Hall–Kier alpha value is -1.84. The summed E-state index contributed by atoms with van der Waals surface area (Å²) in [4.78, 5) is 15.7. The van der Waals surface area contributed by atoms with Crippen LogP contribution in [-0.2, 0) is 14.3 Å². The molecule has 0 amide bonds. The second-order valence-corrected chi connectivity index (χ2v) is 3.98. The highest BCUT2D eigenvalue weighted by Gasteiger charge is 2.24. The second-order valence-electron chi connectivity index (χ2n) is 3.98. The third kappa shape index (κ3) is 2.64. The summed E-state index contributed by atoms with van der Waals surface area (Å²) in [5.41, 5.74) is 2.07. The lowest BCUT2D eigenvalue weighted by molar-refractivity contribution is -0.142. The SMILES string of the molecule is COC(=O)C1CCOC(c2ccc(C)cc2)=N1. The van der Waals surface area contributed by atoms with Crippen LogP contribution in [0, 0.1) is 6.92 Å². The maximum absolute atomic E-state index is 11.4. The lowest BCUT2D eigenvalue weighted by Crippen LogP contribution is -2.29. The molecule has 1 aliphatic heterocycles. The smallest absolute Gasteiger partial charge is 0.330 e.